The van der Waals surface area contributed by atoms with Crippen molar-refractivity contribution in [1.82, 2.24) is 10.2 Å². The molecule has 2 aliphatic rings. The van der Waals surface area contributed by atoms with Crippen molar-refractivity contribution in [2.45, 2.75) is 225 Å². The molecule has 0 aromatic rings. The third-order valence-corrected chi connectivity index (χ3v) is 13.6. The second-order valence-electron chi connectivity index (χ2n) is 18.7. The second kappa shape index (κ2) is 42.6. The van der Waals surface area contributed by atoms with Gasteiger partial charge in [-0.3, -0.25) is 33.4 Å². The summed E-state index contributed by atoms with van der Waals surface area (Å²) in [7, 11) is -4.87. The number of hydrogen-bond donors (Lipinski definition) is 1. The molecular formula is C53H90N2NaO11P. The van der Waals surface area contributed by atoms with Gasteiger partial charge >= 0.3 is 41.5 Å². The number of allylic oxidation sites excluding steroid dienone is 4. The van der Waals surface area contributed by atoms with Crippen molar-refractivity contribution in [3.8, 4) is 0 Å². The largest absolute Gasteiger partial charge is 1.00 e. The van der Waals surface area contributed by atoms with E-state index in [1.165, 1.54) is 94.1 Å². The number of ether oxygens (including phenoxy) is 2. The van der Waals surface area contributed by atoms with Crippen LogP contribution in [0.15, 0.2) is 36.5 Å². The van der Waals surface area contributed by atoms with Crippen molar-refractivity contribution < 1.29 is 81.5 Å². The number of nitrogens with zero attached hydrogens (tertiary/aromatic N) is 1. The molecule has 15 heteroatoms. The van der Waals surface area contributed by atoms with Gasteiger partial charge in [-0.1, -0.05) is 141 Å². The molecule has 1 heterocycles. The summed E-state index contributed by atoms with van der Waals surface area (Å²) in [5, 5.41) is 2.71. The molecule has 1 N–H and O–H groups in total. The Morgan fingerprint density at radius 1 is 0.647 bits per heavy atom. The molecule has 1 aliphatic heterocycles. The summed E-state index contributed by atoms with van der Waals surface area (Å²) in [6.07, 6.45) is 43.1. The molecule has 1 fully saturated rings. The molecule has 0 spiro atoms. The number of nitrogens with one attached hydrogen (secondary N) is 1. The van der Waals surface area contributed by atoms with E-state index < -0.39 is 32.5 Å². The van der Waals surface area contributed by atoms with E-state index in [1.54, 1.807) is 0 Å². The van der Waals surface area contributed by atoms with Crippen LogP contribution in [0.4, 0.5) is 0 Å². The number of esters is 2. The predicted octanol–water partition coefficient (Wildman–Crippen LogP) is 8.87. The molecule has 3 amide bonds. The number of imide groups is 1. The first-order valence-electron chi connectivity index (χ1n) is 26.6. The minimum absolute atomic E-state index is 0. The van der Waals surface area contributed by atoms with Gasteiger partial charge in [0, 0.05) is 44.0 Å². The van der Waals surface area contributed by atoms with Crippen LogP contribution in [0.3, 0.4) is 0 Å². The van der Waals surface area contributed by atoms with Crippen LogP contribution >= 0.6 is 7.82 Å². The Balaban J connectivity index is 0.0000231. The van der Waals surface area contributed by atoms with Crippen molar-refractivity contribution in [3.63, 3.8) is 0 Å². The third kappa shape index (κ3) is 34.2. The second-order valence-corrected chi connectivity index (χ2v) is 20.1. The topological polar surface area (TPSA) is 178 Å². The number of hydrogen-bond acceptors (Lipinski definition) is 11. The summed E-state index contributed by atoms with van der Waals surface area (Å²) in [6.45, 7) is 3.45. The zero-order valence-electron chi connectivity index (χ0n) is 42.7. The quantitative estimate of drug-likeness (QED) is 0.0154. The molecule has 2 atom stereocenters. The molecule has 384 valence electrons. The van der Waals surface area contributed by atoms with E-state index in [2.05, 4.69) is 43.5 Å². The number of carbonyl (C=O) groups is 5. The Labute approximate surface area is 433 Å². The molecule has 0 aromatic heterocycles. The van der Waals surface area contributed by atoms with E-state index >= 15 is 0 Å². The Bertz CT molecular complexity index is 1480. The molecule has 0 saturated heterocycles. The maximum atomic E-state index is 12.8. The number of unbranched alkanes of at least 4 members (excludes halogenated alkanes) is 22. The van der Waals surface area contributed by atoms with Crippen molar-refractivity contribution in [3.05, 3.63) is 36.5 Å². The van der Waals surface area contributed by atoms with E-state index in [1.807, 2.05) is 0 Å². The summed E-state index contributed by atoms with van der Waals surface area (Å²) in [4.78, 5) is 75.9. The zero-order chi connectivity index (χ0) is 48.6. The zero-order valence-corrected chi connectivity index (χ0v) is 45.6. The van der Waals surface area contributed by atoms with Crippen LogP contribution in [0.5, 0.6) is 0 Å². The smallest absolute Gasteiger partial charge is 0.756 e. The maximum Gasteiger partial charge on any atom is 1.00 e. The monoisotopic (exact) mass is 985 g/mol. The summed E-state index contributed by atoms with van der Waals surface area (Å²) in [6, 6.07) is 0. The number of phosphoric acid groups is 1. The molecule has 13 nitrogen and oxygen atoms in total. The van der Waals surface area contributed by atoms with Crippen LogP contribution in [-0.4, -0.2) is 73.6 Å². The summed E-state index contributed by atoms with van der Waals surface area (Å²) in [5.74, 6) is -1.96. The van der Waals surface area contributed by atoms with Gasteiger partial charge in [-0.05, 0) is 95.8 Å². The first kappa shape index (κ1) is 63.9. The molecule has 1 saturated carbocycles. The van der Waals surface area contributed by atoms with E-state index in [9.17, 15) is 33.4 Å². The van der Waals surface area contributed by atoms with Crippen LogP contribution in [0.1, 0.15) is 219 Å². The van der Waals surface area contributed by atoms with E-state index in [0.717, 1.165) is 77.0 Å². The number of amides is 3. The minimum atomic E-state index is -4.87. The summed E-state index contributed by atoms with van der Waals surface area (Å²) in [5.41, 5.74) is 0. The molecule has 2 rings (SSSR count). The fraction of sp³-hybridized carbons (Fsp3) is 0.792. The average molecular weight is 985 g/mol. The third-order valence-electron chi connectivity index (χ3n) is 12.6. The maximum absolute atomic E-state index is 12.8. The number of carbonyl (C=O) groups excluding carboxylic acids is 5. The summed E-state index contributed by atoms with van der Waals surface area (Å²) < 4.78 is 33.7. The first-order chi connectivity index (χ1) is 32.5. The normalized spacial score (nSPS) is 17.4. The van der Waals surface area contributed by atoms with E-state index in [-0.39, 0.29) is 91.7 Å². The van der Waals surface area contributed by atoms with Crippen LogP contribution in [0.2, 0.25) is 0 Å². The van der Waals surface area contributed by atoms with Gasteiger partial charge in [0.2, 0.25) is 5.91 Å². The number of phosphoric ester groups is 1. The van der Waals surface area contributed by atoms with Gasteiger partial charge in [-0.25, -0.2) is 0 Å². The van der Waals surface area contributed by atoms with Crippen LogP contribution < -0.4 is 39.8 Å². The average Bonchev–Trinajstić information content (AvgIpc) is 3.63. The molecule has 0 radical (unpaired) electrons. The fourth-order valence-corrected chi connectivity index (χ4v) is 9.20. The Kier molecular flexibility index (Phi) is 40.0. The van der Waals surface area contributed by atoms with Gasteiger partial charge in [-0.2, -0.15) is 0 Å². The van der Waals surface area contributed by atoms with Crippen LogP contribution in [0.25, 0.3) is 0 Å². The van der Waals surface area contributed by atoms with Gasteiger partial charge in [-0.15, -0.1) is 0 Å². The van der Waals surface area contributed by atoms with Crippen molar-refractivity contribution in [2.24, 2.45) is 11.8 Å². The van der Waals surface area contributed by atoms with Crippen molar-refractivity contribution in [1.29, 1.82) is 0 Å². The fourth-order valence-electron chi connectivity index (χ4n) is 8.46. The first-order valence-corrected chi connectivity index (χ1v) is 28.1. The van der Waals surface area contributed by atoms with Gasteiger partial charge in [0.15, 0.2) is 6.10 Å². The van der Waals surface area contributed by atoms with E-state index in [4.69, 9.17) is 18.5 Å². The van der Waals surface area contributed by atoms with Crippen LogP contribution in [-0.2, 0) is 47.1 Å². The van der Waals surface area contributed by atoms with Gasteiger partial charge in [0.25, 0.3) is 19.6 Å². The SMILES string of the molecule is CCCCCCCC/C=C\CCCCCCCC(=O)OC[C@H](COP(=O)([O-])OCCNC(=O)C1CCC(CN2C(=O)C=CC2=O)CC1)OC(=O)CCCCCCC/C=C\CCCCCCCC.[Na+]. The molecule has 0 bridgehead atoms. The van der Waals surface area contributed by atoms with Crippen LogP contribution in [0, 0.1) is 11.8 Å². The molecule has 1 unspecified atom stereocenters. The predicted molar refractivity (Wildman–Crippen MR) is 264 cm³/mol. The summed E-state index contributed by atoms with van der Waals surface area (Å²) >= 11 is 0. The van der Waals surface area contributed by atoms with Gasteiger partial charge in [0.1, 0.15) is 6.61 Å². The Morgan fingerprint density at radius 3 is 1.57 bits per heavy atom. The molecule has 1 aliphatic carbocycles. The molecular weight excluding hydrogens is 895 g/mol. The minimum Gasteiger partial charge on any atom is -0.756 e. The van der Waals surface area contributed by atoms with Gasteiger partial charge in [0.05, 0.1) is 13.2 Å². The Hall–Kier alpha value is -2.12. The molecule has 68 heavy (non-hydrogen) atoms. The van der Waals surface area contributed by atoms with E-state index in [0.29, 0.717) is 45.1 Å². The standard InChI is InChI=1S/C53H91N2O11P.Na/c1-3-5-7-9-11-13-15-17-19-21-23-25-27-29-31-33-51(58)63-44-48(66-52(59)34-32-30-28-26-24-22-20-18-16-14-12-10-8-6-4-2)45-65-67(61,62)64-42-41-54-53(60)47-37-35-46(36-38-47)43-55-49(56)39-40-50(55)57;/h17-20,39-40,46-48H,3-16,21-38,41-45H2,1-2H3,(H,54,60)(H,61,62);/q;+1/p-1/b19-17-,20-18-;/t46?,47?,48-;/m1./s1. The molecule has 0 aromatic carbocycles. The Morgan fingerprint density at radius 2 is 1.09 bits per heavy atom. The number of rotatable bonds is 43. The van der Waals surface area contributed by atoms with Gasteiger partial charge < -0.3 is 28.7 Å². The van der Waals surface area contributed by atoms with Crippen molar-refractivity contribution in [2.75, 3.05) is 32.9 Å². The van der Waals surface area contributed by atoms with Crippen molar-refractivity contribution >= 4 is 37.5 Å².